The quantitative estimate of drug-likeness (QED) is 0.501. The summed E-state index contributed by atoms with van der Waals surface area (Å²) >= 11 is 1.70. The van der Waals surface area contributed by atoms with E-state index in [0.29, 0.717) is 11.7 Å². The van der Waals surface area contributed by atoms with Crippen molar-refractivity contribution in [3.63, 3.8) is 0 Å². The van der Waals surface area contributed by atoms with Crippen molar-refractivity contribution < 1.29 is 4.52 Å². The predicted octanol–water partition coefficient (Wildman–Crippen LogP) is 3.16. The number of thioether (sulfide) groups is 1. The van der Waals surface area contributed by atoms with Gasteiger partial charge in [-0.05, 0) is 30.7 Å². The van der Waals surface area contributed by atoms with Gasteiger partial charge in [0.1, 0.15) is 0 Å². The summed E-state index contributed by atoms with van der Waals surface area (Å²) in [6, 6.07) is 4.04. The Balaban J connectivity index is 1.43. The van der Waals surface area contributed by atoms with Gasteiger partial charge in [-0.25, -0.2) is 9.97 Å². The second kappa shape index (κ2) is 7.52. The number of nitrogens with zero attached hydrogens (tertiary/aromatic N) is 7. The summed E-state index contributed by atoms with van der Waals surface area (Å²) in [6.45, 7) is 0. The van der Waals surface area contributed by atoms with Crippen LogP contribution in [0.25, 0.3) is 22.7 Å². The molecule has 0 aromatic carbocycles. The van der Waals surface area contributed by atoms with Crippen LogP contribution in [0.15, 0.2) is 47.6 Å². The van der Waals surface area contributed by atoms with Crippen LogP contribution in [-0.4, -0.2) is 41.1 Å². The SMILES string of the molecule is CSCn1cc(-c2nc(C3(c4ccc(-c5cnc(N)nc5)nc4)CCC3)no2)cn1. The summed E-state index contributed by atoms with van der Waals surface area (Å²) in [7, 11) is 0. The lowest BCUT2D eigenvalue weighted by Crippen LogP contribution is -2.36. The van der Waals surface area contributed by atoms with E-state index in [1.54, 1.807) is 30.4 Å². The predicted molar refractivity (Wildman–Crippen MR) is 113 cm³/mol. The molecule has 30 heavy (non-hydrogen) atoms. The van der Waals surface area contributed by atoms with E-state index in [1.807, 2.05) is 29.4 Å². The zero-order valence-electron chi connectivity index (χ0n) is 16.4. The Labute approximate surface area is 177 Å². The Morgan fingerprint density at radius 2 is 1.93 bits per heavy atom. The van der Waals surface area contributed by atoms with Crippen molar-refractivity contribution in [1.29, 1.82) is 0 Å². The molecule has 2 N–H and O–H groups in total. The fourth-order valence-corrected chi connectivity index (χ4v) is 4.11. The van der Waals surface area contributed by atoms with Crippen LogP contribution < -0.4 is 5.73 Å². The van der Waals surface area contributed by atoms with E-state index >= 15 is 0 Å². The normalized spacial score (nSPS) is 15.1. The molecule has 152 valence electrons. The minimum atomic E-state index is -0.264. The van der Waals surface area contributed by atoms with Crippen molar-refractivity contribution in [2.24, 2.45) is 0 Å². The molecular weight excluding hydrogens is 400 g/mol. The van der Waals surface area contributed by atoms with Crippen LogP contribution in [0.3, 0.4) is 0 Å². The molecule has 10 heteroatoms. The molecule has 1 aliphatic rings. The molecule has 0 radical (unpaired) electrons. The average Bonchev–Trinajstić information content (AvgIpc) is 3.39. The molecular formula is C20H20N8OS. The van der Waals surface area contributed by atoms with Gasteiger partial charge in [0, 0.05) is 30.4 Å². The lowest BCUT2D eigenvalue weighted by molar-refractivity contribution is 0.272. The first-order valence-electron chi connectivity index (χ1n) is 9.58. The number of pyridine rings is 1. The lowest BCUT2D eigenvalue weighted by atomic mass is 9.64. The van der Waals surface area contributed by atoms with Crippen LogP contribution >= 0.6 is 11.8 Å². The maximum absolute atomic E-state index is 5.58. The van der Waals surface area contributed by atoms with Crippen LogP contribution in [0.1, 0.15) is 30.7 Å². The van der Waals surface area contributed by atoms with Gasteiger partial charge in [0.25, 0.3) is 5.89 Å². The standard InChI is InChI=1S/C20H20N8OS/c1-30-12-28-11-14(9-25-28)17-26-18(27-29-17)20(5-2-6-20)15-3-4-16(22-10-15)13-7-23-19(21)24-8-13/h3-4,7-11H,2,5-6,12H2,1H3,(H2,21,23,24). The average molecular weight is 421 g/mol. The van der Waals surface area contributed by atoms with Gasteiger partial charge in [-0.15, -0.1) is 11.8 Å². The lowest BCUT2D eigenvalue weighted by Gasteiger charge is -2.39. The molecule has 0 amide bonds. The first kappa shape index (κ1) is 18.7. The van der Waals surface area contributed by atoms with Crippen LogP contribution in [0.4, 0.5) is 5.95 Å². The van der Waals surface area contributed by atoms with Gasteiger partial charge in [-0.3, -0.25) is 9.67 Å². The third-order valence-electron chi connectivity index (χ3n) is 5.49. The summed E-state index contributed by atoms with van der Waals surface area (Å²) in [4.78, 5) is 17.4. The van der Waals surface area contributed by atoms with Gasteiger partial charge in [-0.2, -0.15) is 10.1 Å². The minimum Gasteiger partial charge on any atom is -0.368 e. The van der Waals surface area contributed by atoms with Crippen LogP contribution in [0.5, 0.6) is 0 Å². The van der Waals surface area contributed by atoms with Crippen molar-refractivity contribution in [2.75, 3.05) is 12.0 Å². The van der Waals surface area contributed by atoms with Crippen molar-refractivity contribution in [1.82, 2.24) is 34.9 Å². The Hall–Kier alpha value is -3.27. The van der Waals surface area contributed by atoms with Gasteiger partial charge in [0.15, 0.2) is 5.82 Å². The smallest absolute Gasteiger partial charge is 0.261 e. The highest BCUT2D eigenvalue weighted by atomic mass is 32.2. The highest BCUT2D eigenvalue weighted by molar-refractivity contribution is 7.97. The van der Waals surface area contributed by atoms with Gasteiger partial charge >= 0.3 is 0 Å². The first-order chi connectivity index (χ1) is 14.7. The van der Waals surface area contributed by atoms with Crippen molar-refractivity contribution in [3.8, 4) is 22.7 Å². The number of nitrogens with two attached hydrogens (primary N) is 1. The zero-order valence-corrected chi connectivity index (χ0v) is 17.2. The monoisotopic (exact) mass is 420 g/mol. The van der Waals surface area contributed by atoms with Gasteiger partial charge in [0.05, 0.1) is 28.7 Å². The van der Waals surface area contributed by atoms with Crippen molar-refractivity contribution >= 4 is 17.7 Å². The number of nitrogen functional groups attached to an aromatic ring is 1. The molecule has 0 saturated heterocycles. The minimum absolute atomic E-state index is 0.246. The van der Waals surface area contributed by atoms with E-state index in [2.05, 4.69) is 31.3 Å². The van der Waals surface area contributed by atoms with Crippen LogP contribution in [-0.2, 0) is 11.3 Å². The molecule has 0 bridgehead atoms. The Morgan fingerprint density at radius 3 is 2.60 bits per heavy atom. The molecule has 4 heterocycles. The summed E-state index contributed by atoms with van der Waals surface area (Å²) in [6.07, 6.45) is 14.0. The molecule has 1 saturated carbocycles. The van der Waals surface area contributed by atoms with Crippen molar-refractivity contribution in [2.45, 2.75) is 30.6 Å². The van der Waals surface area contributed by atoms with E-state index in [4.69, 9.17) is 15.2 Å². The molecule has 0 aliphatic heterocycles. The molecule has 4 aromatic rings. The van der Waals surface area contributed by atoms with E-state index in [1.165, 1.54) is 0 Å². The molecule has 0 spiro atoms. The fraction of sp³-hybridized carbons (Fsp3) is 0.300. The van der Waals surface area contributed by atoms with Crippen molar-refractivity contribution in [3.05, 3.63) is 54.5 Å². The Kier molecular flexibility index (Phi) is 4.70. The molecule has 0 atom stereocenters. The maximum Gasteiger partial charge on any atom is 0.261 e. The second-order valence-electron chi connectivity index (χ2n) is 7.31. The Morgan fingerprint density at radius 1 is 1.10 bits per heavy atom. The number of aromatic nitrogens is 7. The topological polar surface area (TPSA) is 121 Å². The van der Waals surface area contributed by atoms with E-state index in [9.17, 15) is 0 Å². The number of hydrogen-bond donors (Lipinski definition) is 1. The van der Waals surface area contributed by atoms with Gasteiger partial charge in [-0.1, -0.05) is 17.6 Å². The van der Waals surface area contributed by atoms with E-state index in [0.717, 1.165) is 47.5 Å². The molecule has 1 aliphatic carbocycles. The summed E-state index contributed by atoms with van der Waals surface area (Å²) in [5.74, 6) is 2.22. The number of hydrogen-bond acceptors (Lipinski definition) is 9. The summed E-state index contributed by atoms with van der Waals surface area (Å²) in [5, 5.41) is 8.65. The third-order valence-corrected chi connectivity index (χ3v) is 6.01. The molecule has 4 aromatic heterocycles. The van der Waals surface area contributed by atoms with Gasteiger partial charge < -0.3 is 10.3 Å². The highest BCUT2D eigenvalue weighted by Crippen LogP contribution is 2.48. The molecule has 9 nitrogen and oxygen atoms in total. The molecule has 5 rings (SSSR count). The summed E-state index contributed by atoms with van der Waals surface area (Å²) in [5.41, 5.74) is 8.83. The van der Waals surface area contributed by atoms with Gasteiger partial charge in [0.2, 0.25) is 5.95 Å². The largest absolute Gasteiger partial charge is 0.368 e. The molecule has 0 unspecified atom stereocenters. The number of anilines is 1. The van der Waals surface area contributed by atoms with E-state index < -0.39 is 0 Å². The summed E-state index contributed by atoms with van der Waals surface area (Å²) < 4.78 is 7.43. The van der Waals surface area contributed by atoms with Crippen LogP contribution in [0, 0.1) is 0 Å². The third kappa shape index (κ3) is 3.22. The second-order valence-corrected chi connectivity index (χ2v) is 8.14. The Bertz CT molecular complexity index is 1150. The molecule has 1 fully saturated rings. The first-order valence-corrected chi connectivity index (χ1v) is 11.0. The van der Waals surface area contributed by atoms with Crippen LogP contribution in [0.2, 0.25) is 0 Å². The zero-order chi connectivity index (χ0) is 20.6. The highest BCUT2D eigenvalue weighted by Gasteiger charge is 2.45. The fourth-order valence-electron chi connectivity index (χ4n) is 3.70. The maximum atomic E-state index is 5.58. The van der Waals surface area contributed by atoms with E-state index in [-0.39, 0.29) is 11.4 Å². The number of rotatable bonds is 6.